The number of fused-ring (bicyclic) bond motifs is 1. The molecule has 2 aliphatic heterocycles. The summed E-state index contributed by atoms with van der Waals surface area (Å²) in [4.78, 5) is 2.26. The van der Waals surface area contributed by atoms with E-state index in [1.54, 1.807) is 0 Å². The van der Waals surface area contributed by atoms with Crippen LogP contribution in [0.3, 0.4) is 0 Å². The van der Waals surface area contributed by atoms with Crippen molar-refractivity contribution in [3.8, 4) is 0 Å². The van der Waals surface area contributed by atoms with Crippen LogP contribution in [-0.4, -0.2) is 34.7 Å². The van der Waals surface area contributed by atoms with Crippen molar-refractivity contribution in [3.63, 3.8) is 0 Å². The van der Waals surface area contributed by atoms with E-state index >= 15 is 0 Å². The van der Waals surface area contributed by atoms with Crippen molar-refractivity contribution in [2.24, 2.45) is 0 Å². The quantitative estimate of drug-likeness (QED) is 0.872. The largest absolute Gasteiger partial charge is 0.388 e. The van der Waals surface area contributed by atoms with Gasteiger partial charge in [-0.25, -0.2) is 8.78 Å². The Bertz CT molecular complexity index is 465. The van der Waals surface area contributed by atoms with Crippen molar-refractivity contribution in [2.45, 2.75) is 37.3 Å². The van der Waals surface area contributed by atoms with E-state index in [2.05, 4.69) is 4.90 Å². The van der Waals surface area contributed by atoms with E-state index in [4.69, 9.17) is 0 Å². The van der Waals surface area contributed by atoms with Crippen molar-refractivity contribution in [2.75, 3.05) is 13.1 Å². The highest BCUT2D eigenvalue weighted by Crippen LogP contribution is 2.38. The smallest absolute Gasteiger partial charge is 0.126 e. The van der Waals surface area contributed by atoms with Gasteiger partial charge in [0.2, 0.25) is 0 Å². The molecular weight excluding hydrogens is 236 g/mol. The predicted octanol–water partition coefficient (Wildman–Crippen LogP) is 2.11. The second-order valence-corrected chi connectivity index (χ2v) is 5.46. The molecule has 0 radical (unpaired) electrons. The average molecular weight is 253 g/mol. The molecule has 0 saturated carbocycles. The molecule has 2 unspecified atom stereocenters. The molecule has 2 fully saturated rings. The summed E-state index contributed by atoms with van der Waals surface area (Å²) in [6.45, 7) is 1.87. The van der Waals surface area contributed by atoms with Gasteiger partial charge in [-0.15, -0.1) is 0 Å². The molecule has 18 heavy (non-hydrogen) atoms. The Morgan fingerprint density at radius 1 is 1.33 bits per heavy atom. The zero-order valence-corrected chi connectivity index (χ0v) is 10.2. The maximum atomic E-state index is 13.6. The number of rotatable bonds is 2. The summed E-state index contributed by atoms with van der Waals surface area (Å²) >= 11 is 0. The van der Waals surface area contributed by atoms with Crippen molar-refractivity contribution < 1.29 is 13.9 Å². The fraction of sp³-hybridized carbons (Fsp3) is 0.571. The van der Waals surface area contributed by atoms with Crippen LogP contribution in [0.4, 0.5) is 8.78 Å². The maximum absolute atomic E-state index is 13.6. The Balaban J connectivity index is 1.85. The van der Waals surface area contributed by atoms with Gasteiger partial charge in [-0.1, -0.05) is 0 Å². The monoisotopic (exact) mass is 253 g/mol. The minimum atomic E-state index is -0.898. The Morgan fingerprint density at radius 3 is 3.00 bits per heavy atom. The standard InChI is InChI=1S/C14H17F2NO/c15-11-3-4-12(16)10(8-11)9-14(18)5-7-17-6-1-2-13(14)17/h3-4,8,13,18H,1-2,5-7,9H2. The summed E-state index contributed by atoms with van der Waals surface area (Å²) < 4.78 is 26.8. The van der Waals surface area contributed by atoms with Crippen LogP contribution >= 0.6 is 0 Å². The molecule has 0 aliphatic carbocycles. The van der Waals surface area contributed by atoms with Crippen LogP contribution in [0.25, 0.3) is 0 Å². The number of hydrogen-bond donors (Lipinski definition) is 1. The van der Waals surface area contributed by atoms with E-state index < -0.39 is 17.2 Å². The first-order valence-electron chi connectivity index (χ1n) is 6.49. The van der Waals surface area contributed by atoms with Gasteiger partial charge in [0, 0.05) is 19.0 Å². The van der Waals surface area contributed by atoms with Gasteiger partial charge in [-0.05, 0) is 49.6 Å². The van der Waals surface area contributed by atoms with Crippen LogP contribution in [0.15, 0.2) is 18.2 Å². The third-order valence-corrected chi connectivity index (χ3v) is 4.32. The summed E-state index contributed by atoms with van der Waals surface area (Å²) in [5.41, 5.74) is -0.614. The summed E-state index contributed by atoms with van der Waals surface area (Å²) in [5, 5.41) is 10.7. The number of benzene rings is 1. The molecule has 2 heterocycles. The third-order valence-electron chi connectivity index (χ3n) is 4.32. The van der Waals surface area contributed by atoms with Gasteiger partial charge in [0.05, 0.1) is 5.60 Å². The first kappa shape index (κ1) is 12.1. The van der Waals surface area contributed by atoms with Crippen LogP contribution in [0.1, 0.15) is 24.8 Å². The highest BCUT2D eigenvalue weighted by molar-refractivity contribution is 5.22. The van der Waals surface area contributed by atoms with Crippen LogP contribution in [0, 0.1) is 11.6 Å². The SMILES string of the molecule is OC1(Cc2cc(F)ccc2F)CCN2CCCC21. The minimum absolute atomic E-state index is 0.111. The lowest BCUT2D eigenvalue weighted by Gasteiger charge is -2.30. The van der Waals surface area contributed by atoms with Crippen molar-refractivity contribution >= 4 is 0 Å². The van der Waals surface area contributed by atoms with Gasteiger partial charge < -0.3 is 5.11 Å². The maximum Gasteiger partial charge on any atom is 0.126 e. The van der Waals surface area contributed by atoms with Gasteiger partial charge in [0.25, 0.3) is 0 Å². The number of nitrogens with zero attached hydrogens (tertiary/aromatic N) is 1. The Labute approximate surface area is 105 Å². The molecule has 2 atom stereocenters. The molecule has 2 saturated heterocycles. The molecular formula is C14H17F2NO. The highest BCUT2D eigenvalue weighted by Gasteiger charge is 2.48. The lowest BCUT2D eigenvalue weighted by atomic mass is 9.86. The van der Waals surface area contributed by atoms with E-state index in [1.165, 1.54) is 6.07 Å². The molecule has 0 amide bonds. The zero-order chi connectivity index (χ0) is 12.8. The molecule has 1 N–H and O–H groups in total. The summed E-state index contributed by atoms with van der Waals surface area (Å²) in [7, 11) is 0. The third kappa shape index (κ3) is 1.93. The van der Waals surface area contributed by atoms with Crippen LogP contribution in [0.2, 0.25) is 0 Å². The van der Waals surface area contributed by atoms with Crippen LogP contribution in [0.5, 0.6) is 0 Å². The normalized spacial score (nSPS) is 31.8. The lowest BCUT2D eigenvalue weighted by molar-refractivity contribution is 0.0133. The Kier molecular flexibility index (Phi) is 2.87. The minimum Gasteiger partial charge on any atom is -0.388 e. The lowest BCUT2D eigenvalue weighted by Crippen LogP contribution is -2.43. The highest BCUT2D eigenvalue weighted by atomic mass is 19.1. The average Bonchev–Trinajstić information content (AvgIpc) is 2.89. The van der Waals surface area contributed by atoms with E-state index in [0.29, 0.717) is 6.42 Å². The topological polar surface area (TPSA) is 23.5 Å². The summed E-state index contributed by atoms with van der Waals surface area (Å²) in [5.74, 6) is -0.877. The van der Waals surface area contributed by atoms with Crippen molar-refractivity contribution in [3.05, 3.63) is 35.4 Å². The summed E-state index contributed by atoms with van der Waals surface area (Å²) in [6, 6.07) is 3.56. The van der Waals surface area contributed by atoms with Crippen LogP contribution < -0.4 is 0 Å². The number of halogens is 2. The van der Waals surface area contributed by atoms with E-state index in [1.807, 2.05) is 0 Å². The fourth-order valence-corrected chi connectivity index (χ4v) is 3.42. The zero-order valence-electron chi connectivity index (χ0n) is 10.2. The Hall–Kier alpha value is -1.00. The van der Waals surface area contributed by atoms with E-state index in [-0.39, 0.29) is 18.0 Å². The Morgan fingerprint density at radius 2 is 2.17 bits per heavy atom. The van der Waals surface area contributed by atoms with Gasteiger partial charge >= 0.3 is 0 Å². The first-order valence-corrected chi connectivity index (χ1v) is 6.49. The van der Waals surface area contributed by atoms with E-state index in [0.717, 1.165) is 38.1 Å². The second-order valence-electron chi connectivity index (χ2n) is 5.46. The molecule has 2 aliphatic rings. The fourth-order valence-electron chi connectivity index (χ4n) is 3.42. The molecule has 0 bridgehead atoms. The number of hydrogen-bond acceptors (Lipinski definition) is 2. The summed E-state index contributed by atoms with van der Waals surface area (Å²) in [6.07, 6.45) is 2.89. The molecule has 0 aromatic heterocycles. The second kappa shape index (κ2) is 4.28. The molecule has 3 rings (SSSR count). The molecule has 4 heteroatoms. The van der Waals surface area contributed by atoms with Gasteiger partial charge in [0.15, 0.2) is 0 Å². The molecule has 2 nitrogen and oxygen atoms in total. The van der Waals surface area contributed by atoms with Crippen molar-refractivity contribution in [1.29, 1.82) is 0 Å². The number of aliphatic hydroxyl groups is 1. The van der Waals surface area contributed by atoms with Gasteiger partial charge in [-0.3, -0.25) is 4.90 Å². The first-order chi connectivity index (χ1) is 8.58. The molecule has 1 aromatic carbocycles. The predicted molar refractivity (Wildman–Crippen MR) is 64.2 cm³/mol. The van der Waals surface area contributed by atoms with Gasteiger partial charge in [0.1, 0.15) is 11.6 Å². The van der Waals surface area contributed by atoms with Gasteiger partial charge in [-0.2, -0.15) is 0 Å². The molecule has 1 aromatic rings. The molecule has 0 spiro atoms. The van der Waals surface area contributed by atoms with Crippen molar-refractivity contribution in [1.82, 2.24) is 4.90 Å². The van der Waals surface area contributed by atoms with Crippen LogP contribution in [-0.2, 0) is 6.42 Å². The van der Waals surface area contributed by atoms with E-state index in [9.17, 15) is 13.9 Å². The molecule has 98 valence electrons.